The van der Waals surface area contributed by atoms with Gasteiger partial charge in [-0.25, -0.2) is 14.4 Å². The van der Waals surface area contributed by atoms with E-state index in [1.54, 1.807) is 6.07 Å². The summed E-state index contributed by atoms with van der Waals surface area (Å²) in [5.74, 6) is -1.09. The van der Waals surface area contributed by atoms with Crippen LogP contribution in [0.25, 0.3) is 0 Å². The molecule has 24 heavy (non-hydrogen) atoms. The molecular weight excluding hydrogens is 311 g/mol. The van der Waals surface area contributed by atoms with E-state index in [0.29, 0.717) is 17.7 Å². The number of unbranched alkanes of at least 4 members (excludes halogenated alkanes) is 3. The maximum atomic E-state index is 14.6. The van der Waals surface area contributed by atoms with Gasteiger partial charge in [0.1, 0.15) is 5.69 Å². The van der Waals surface area contributed by atoms with Gasteiger partial charge in [0, 0.05) is 11.3 Å². The third-order valence-electron chi connectivity index (χ3n) is 3.62. The molecular formula is C17H21FN4O2. The van der Waals surface area contributed by atoms with Gasteiger partial charge in [0.05, 0.1) is 12.4 Å². The Morgan fingerprint density at radius 3 is 2.62 bits per heavy atom. The smallest absolute Gasteiger partial charge is 0.268 e. The van der Waals surface area contributed by atoms with Crippen molar-refractivity contribution in [2.45, 2.75) is 39.0 Å². The predicted molar refractivity (Wildman–Crippen MR) is 89.3 cm³/mol. The van der Waals surface area contributed by atoms with Crippen LogP contribution < -0.4 is 16.2 Å². The highest BCUT2D eigenvalue weighted by molar-refractivity contribution is 5.90. The maximum absolute atomic E-state index is 14.6. The molecule has 6 nitrogen and oxygen atoms in total. The minimum atomic E-state index is -0.693. The summed E-state index contributed by atoms with van der Waals surface area (Å²) >= 11 is 0. The number of nitrogens with two attached hydrogens (primary N) is 2. The second-order valence-electron chi connectivity index (χ2n) is 5.46. The van der Waals surface area contributed by atoms with Gasteiger partial charge < -0.3 is 16.2 Å². The van der Waals surface area contributed by atoms with E-state index in [4.69, 9.17) is 16.2 Å². The molecule has 0 atom stereocenters. The van der Waals surface area contributed by atoms with Crippen LogP contribution in [0.2, 0.25) is 0 Å². The van der Waals surface area contributed by atoms with Crippen LogP contribution in [0.15, 0.2) is 24.5 Å². The fourth-order valence-electron chi connectivity index (χ4n) is 2.28. The number of amides is 1. The zero-order valence-electron chi connectivity index (χ0n) is 13.6. The van der Waals surface area contributed by atoms with Crippen molar-refractivity contribution in [1.29, 1.82) is 0 Å². The lowest BCUT2D eigenvalue weighted by Crippen LogP contribution is -2.13. The molecule has 1 heterocycles. The number of nitrogens with zero attached hydrogens (tertiary/aromatic N) is 2. The average molecular weight is 332 g/mol. The van der Waals surface area contributed by atoms with Crippen molar-refractivity contribution in [1.82, 2.24) is 9.97 Å². The zero-order valence-corrected chi connectivity index (χ0v) is 13.6. The summed E-state index contributed by atoms with van der Waals surface area (Å²) in [4.78, 5) is 18.7. The molecule has 2 rings (SSSR count). The molecule has 1 aromatic heterocycles. The summed E-state index contributed by atoms with van der Waals surface area (Å²) in [5, 5.41) is 0. The van der Waals surface area contributed by atoms with Crippen molar-refractivity contribution in [3.63, 3.8) is 0 Å². The van der Waals surface area contributed by atoms with E-state index in [0.717, 1.165) is 25.7 Å². The van der Waals surface area contributed by atoms with Crippen molar-refractivity contribution in [2.75, 3.05) is 5.73 Å². The van der Waals surface area contributed by atoms with Gasteiger partial charge in [0.15, 0.2) is 11.6 Å². The van der Waals surface area contributed by atoms with Crippen LogP contribution >= 0.6 is 0 Å². The lowest BCUT2D eigenvalue weighted by molar-refractivity contribution is 0.0995. The molecule has 0 radical (unpaired) electrons. The fourth-order valence-corrected chi connectivity index (χ4v) is 2.28. The molecule has 0 saturated carbocycles. The number of benzene rings is 1. The molecule has 0 aliphatic carbocycles. The maximum Gasteiger partial charge on any atom is 0.268 e. The summed E-state index contributed by atoms with van der Waals surface area (Å²) in [7, 11) is 0. The zero-order chi connectivity index (χ0) is 17.5. The summed E-state index contributed by atoms with van der Waals surface area (Å²) < 4.78 is 20.0. The quantitative estimate of drug-likeness (QED) is 0.570. The third kappa shape index (κ3) is 4.41. The lowest BCUT2D eigenvalue weighted by atomic mass is 10.0. The molecule has 0 spiro atoms. The summed E-state index contributed by atoms with van der Waals surface area (Å²) in [6.07, 6.45) is 7.07. The monoisotopic (exact) mass is 332 g/mol. The molecule has 0 aliphatic heterocycles. The first-order valence-corrected chi connectivity index (χ1v) is 7.89. The van der Waals surface area contributed by atoms with Crippen LogP contribution in [0.4, 0.5) is 10.1 Å². The molecule has 1 aromatic carbocycles. The number of ether oxygens (including phenoxy) is 1. The van der Waals surface area contributed by atoms with Gasteiger partial charge in [-0.05, 0) is 25.0 Å². The Morgan fingerprint density at radius 1 is 1.21 bits per heavy atom. The van der Waals surface area contributed by atoms with Crippen molar-refractivity contribution in [3.05, 3.63) is 41.6 Å². The Hall–Kier alpha value is -2.70. The number of rotatable bonds is 8. The molecule has 0 aliphatic rings. The summed E-state index contributed by atoms with van der Waals surface area (Å²) in [6, 6.07) is 3.06. The molecule has 0 bridgehead atoms. The van der Waals surface area contributed by atoms with E-state index >= 15 is 0 Å². The van der Waals surface area contributed by atoms with E-state index in [1.165, 1.54) is 18.5 Å². The van der Waals surface area contributed by atoms with E-state index < -0.39 is 11.7 Å². The molecule has 2 aromatic rings. The Labute approximate surface area is 140 Å². The van der Waals surface area contributed by atoms with E-state index in [1.807, 2.05) is 0 Å². The number of carbonyl (C=O) groups is 1. The number of carbonyl (C=O) groups excluding carboxylic acids is 1. The van der Waals surface area contributed by atoms with Gasteiger partial charge in [0.2, 0.25) is 5.88 Å². The summed E-state index contributed by atoms with van der Waals surface area (Å²) in [5.41, 5.74) is 11.8. The number of hydrogen-bond acceptors (Lipinski definition) is 5. The Morgan fingerprint density at radius 2 is 2.00 bits per heavy atom. The Kier molecular flexibility index (Phi) is 6.06. The van der Waals surface area contributed by atoms with Gasteiger partial charge in [-0.2, -0.15) is 0 Å². The normalized spacial score (nSPS) is 10.6. The van der Waals surface area contributed by atoms with Gasteiger partial charge in [-0.15, -0.1) is 0 Å². The fraction of sp³-hybridized carbons (Fsp3) is 0.353. The molecule has 0 unspecified atom stereocenters. The van der Waals surface area contributed by atoms with Crippen LogP contribution in [0.5, 0.6) is 11.6 Å². The molecule has 4 N–H and O–H groups in total. The highest BCUT2D eigenvalue weighted by atomic mass is 19.1. The minimum Gasteiger partial charge on any atom is -0.434 e. The van der Waals surface area contributed by atoms with Crippen LogP contribution in [-0.2, 0) is 6.42 Å². The van der Waals surface area contributed by atoms with Crippen molar-refractivity contribution in [3.8, 4) is 11.6 Å². The van der Waals surface area contributed by atoms with Crippen LogP contribution in [-0.4, -0.2) is 15.9 Å². The third-order valence-corrected chi connectivity index (χ3v) is 3.62. The number of nitrogen functional groups attached to an aromatic ring is 1. The number of aromatic nitrogens is 2. The van der Waals surface area contributed by atoms with Crippen molar-refractivity contribution >= 4 is 11.6 Å². The highest BCUT2D eigenvalue weighted by Crippen LogP contribution is 2.29. The number of primary amides is 1. The number of halogens is 1. The molecule has 0 fully saturated rings. The van der Waals surface area contributed by atoms with Gasteiger partial charge in [-0.1, -0.05) is 26.2 Å². The molecule has 128 valence electrons. The Bertz CT molecular complexity index is 704. The first-order valence-electron chi connectivity index (χ1n) is 7.89. The molecule has 7 heteroatoms. The average Bonchev–Trinajstić information content (AvgIpc) is 2.57. The second kappa shape index (κ2) is 8.24. The largest absolute Gasteiger partial charge is 0.434 e. The molecule has 0 saturated heterocycles. The van der Waals surface area contributed by atoms with Crippen molar-refractivity contribution < 1.29 is 13.9 Å². The standard InChI is InChI=1S/C17H21FN4O2/c1-2-3-4-5-6-11-12(19)7-8-14(16(11)18)24-15-10-21-13(9-22-15)17(20)23/h7-10H,2-6,19H2,1H3,(H2,20,23). The second-order valence-corrected chi connectivity index (χ2v) is 5.46. The van der Waals surface area contributed by atoms with E-state index in [2.05, 4.69) is 16.9 Å². The van der Waals surface area contributed by atoms with E-state index in [-0.39, 0.29) is 17.3 Å². The summed E-state index contributed by atoms with van der Waals surface area (Å²) in [6.45, 7) is 2.12. The van der Waals surface area contributed by atoms with Crippen LogP contribution in [0.1, 0.15) is 48.7 Å². The number of hydrogen-bond donors (Lipinski definition) is 2. The Balaban J connectivity index is 2.14. The topological polar surface area (TPSA) is 104 Å². The van der Waals surface area contributed by atoms with Gasteiger partial charge in [-0.3, -0.25) is 4.79 Å². The van der Waals surface area contributed by atoms with Gasteiger partial charge in [0.25, 0.3) is 5.91 Å². The minimum absolute atomic E-state index is 0.0109. The van der Waals surface area contributed by atoms with Crippen LogP contribution in [0.3, 0.4) is 0 Å². The first kappa shape index (κ1) is 17.7. The van der Waals surface area contributed by atoms with E-state index in [9.17, 15) is 9.18 Å². The first-order chi connectivity index (χ1) is 11.5. The number of anilines is 1. The highest BCUT2D eigenvalue weighted by Gasteiger charge is 2.14. The SMILES string of the molecule is CCCCCCc1c(N)ccc(Oc2cnc(C(N)=O)cn2)c1F. The lowest BCUT2D eigenvalue weighted by Gasteiger charge is -2.12. The molecule has 1 amide bonds. The van der Waals surface area contributed by atoms with Crippen LogP contribution in [0, 0.1) is 5.82 Å². The predicted octanol–water partition coefficient (Wildman–Crippen LogP) is 3.21. The van der Waals surface area contributed by atoms with Crippen molar-refractivity contribution in [2.24, 2.45) is 5.73 Å². The van der Waals surface area contributed by atoms with Gasteiger partial charge >= 0.3 is 0 Å².